The lowest BCUT2D eigenvalue weighted by Gasteiger charge is -2.27. The van der Waals surface area contributed by atoms with E-state index >= 15 is 0 Å². The summed E-state index contributed by atoms with van der Waals surface area (Å²) in [6, 6.07) is 0. The van der Waals surface area contributed by atoms with Crippen molar-refractivity contribution in [2.45, 2.75) is 20.3 Å². The Morgan fingerprint density at radius 3 is 2.84 bits per heavy atom. The summed E-state index contributed by atoms with van der Waals surface area (Å²) in [5.41, 5.74) is 0. The topological polar surface area (TPSA) is 44.8 Å². The Labute approximate surface area is 117 Å². The monoisotopic (exact) mass is 271 g/mol. The van der Waals surface area contributed by atoms with Crippen LogP contribution in [0.25, 0.3) is 0 Å². The molecule has 0 aromatic carbocycles. The van der Waals surface area contributed by atoms with E-state index in [0.717, 1.165) is 45.7 Å². The molecule has 1 aliphatic heterocycles. The van der Waals surface area contributed by atoms with Crippen LogP contribution in [0.15, 0.2) is 0 Å². The van der Waals surface area contributed by atoms with Crippen LogP contribution in [0.5, 0.6) is 0 Å². The van der Waals surface area contributed by atoms with E-state index in [1.807, 2.05) is 4.90 Å². The third-order valence-electron chi connectivity index (χ3n) is 3.29. The summed E-state index contributed by atoms with van der Waals surface area (Å²) >= 11 is 0. The Hall–Kier alpha value is -0.650. The maximum atomic E-state index is 12.3. The number of methoxy groups -OCH3 is 1. The van der Waals surface area contributed by atoms with Crippen LogP contribution in [-0.4, -0.2) is 75.2 Å². The van der Waals surface area contributed by atoms with E-state index in [2.05, 4.69) is 24.1 Å². The Morgan fingerprint density at radius 2 is 2.16 bits per heavy atom. The molecule has 0 bridgehead atoms. The molecule has 1 saturated heterocycles. The van der Waals surface area contributed by atoms with E-state index in [4.69, 9.17) is 4.74 Å². The lowest BCUT2D eigenvalue weighted by Crippen LogP contribution is -2.43. The Kier molecular flexibility index (Phi) is 8.02. The van der Waals surface area contributed by atoms with Crippen LogP contribution in [0, 0.1) is 5.92 Å². The van der Waals surface area contributed by atoms with Crippen LogP contribution < -0.4 is 5.32 Å². The zero-order chi connectivity index (χ0) is 14.1. The lowest BCUT2D eigenvalue weighted by molar-refractivity contribution is -0.132. The van der Waals surface area contributed by atoms with Crippen molar-refractivity contribution in [3.8, 4) is 0 Å². The van der Waals surface area contributed by atoms with Gasteiger partial charge in [0.25, 0.3) is 0 Å². The average molecular weight is 271 g/mol. The van der Waals surface area contributed by atoms with Gasteiger partial charge in [0, 0.05) is 39.8 Å². The van der Waals surface area contributed by atoms with Gasteiger partial charge in [-0.2, -0.15) is 0 Å². The normalized spacial score (nSPS) is 17.0. The van der Waals surface area contributed by atoms with Crippen molar-refractivity contribution >= 4 is 5.91 Å². The molecule has 1 heterocycles. The summed E-state index contributed by atoms with van der Waals surface area (Å²) in [7, 11) is 1.70. The summed E-state index contributed by atoms with van der Waals surface area (Å²) in [6.45, 7) is 11.0. The third kappa shape index (κ3) is 6.89. The van der Waals surface area contributed by atoms with E-state index in [9.17, 15) is 4.79 Å². The smallest absolute Gasteiger partial charge is 0.236 e. The van der Waals surface area contributed by atoms with Crippen LogP contribution in [0.4, 0.5) is 0 Å². The van der Waals surface area contributed by atoms with Crippen LogP contribution in [0.2, 0.25) is 0 Å². The van der Waals surface area contributed by atoms with Crippen molar-refractivity contribution in [1.82, 2.24) is 15.1 Å². The SMILES string of the molecule is COCCN(CC(=O)N1CCCNCC1)CC(C)C. The zero-order valence-corrected chi connectivity index (χ0v) is 12.7. The van der Waals surface area contributed by atoms with Crippen molar-refractivity contribution in [3.63, 3.8) is 0 Å². The minimum Gasteiger partial charge on any atom is -0.383 e. The highest BCUT2D eigenvalue weighted by Crippen LogP contribution is 2.02. The molecule has 0 radical (unpaired) electrons. The van der Waals surface area contributed by atoms with Crippen molar-refractivity contribution < 1.29 is 9.53 Å². The van der Waals surface area contributed by atoms with Crippen LogP contribution >= 0.6 is 0 Å². The average Bonchev–Trinajstić information content (AvgIpc) is 2.64. The number of rotatable bonds is 7. The Balaban J connectivity index is 2.43. The molecule has 1 rings (SSSR count). The molecular formula is C14H29N3O2. The maximum absolute atomic E-state index is 12.3. The molecular weight excluding hydrogens is 242 g/mol. The largest absolute Gasteiger partial charge is 0.383 e. The number of amides is 1. The standard InChI is InChI=1S/C14H29N3O2/c1-13(2)11-16(9-10-19-3)12-14(18)17-7-4-5-15-6-8-17/h13,15H,4-12H2,1-3H3. The number of carbonyl (C=O) groups is 1. The molecule has 0 aliphatic carbocycles. The fourth-order valence-corrected chi connectivity index (χ4v) is 2.36. The van der Waals surface area contributed by atoms with Crippen molar-refractivity contribution in [2.24, 2.45) is 5.92 Å². The molecule has 0 atom stereocenters. The molecule has 1 fully saturated rings. The van der Waals surface area contributed by atoms with Gasteiger partial charge in [-0.3, -0.25) is 9.69 Å². The van der Waals surface area contributed by atoms with E-state index in [0.29, 0.717) is 19.1 Å². The van der Waals surface area contributed by atoms with Crippen LogP contribution in [0.1, 0.15) is 20.3 Å². The maximum Gasteiger partial charge on any atom is 0.236 e. The molecule has 1 aliphatic rings. The first-order valence-electron chi connectivity index (χ1n) is 7.33. The zero-order valence-electron chi connectivity index (χ0n) is 12.7. The number of hydrogen-bond donors (Lipinski definition) is 1. The highest BCUT2D eigenvalue weighted by atomic mass is 16.5. The van der Waals surface area contributed by atoms with E-state index < -0.39 is 0 Å². The van der Waals surface area contributed by atoms with E-state index in [1.165, 1.54) is 0 Å². The molecule has 0 spiro atoms. The Morgan fingerprint density at radius 1 is 1.37 bits per heavy atom. The fourth-order valence-electron chi connectivity index (χ4n) is 2.36. The van der Waals surface area contributed by atoms with Crippen LogP contribution in [-0.2, 0) is 9.53 Å². The Bertz CT molecular complexity index is 251. The second kappa shape index (κ2) is 9.28. The molecule has 0 saturated carbocycles. The summed E-state index contributed by atoms with van der Waals surface area (Å²) in [4.78, 5) is 16.5. The van der Waals surface area contributed by atoms with Gasteiger partial charge in [0.15, 0.2) is 0 Å². The molecule has 0 unspecified atom stereocenters. The number of nitrogens with zero attached hydrogens (tertiary/aromatic N) is 2. The van der Waals surface area contributed by atoms with Gasteiger partial charge < -0.3 is 15.0 Å². The first-order chi connectivity index (χ1) is 9.13. The fraction of sp³-hybridized carbons (Fsp3) is 0.929. The molecule has 1 amide bonds. The van der Waals surface area contributed by atoms with Gasteiger partial charge in [0.1, 0.15) is 0 Å². The second-order valence-corrected chi connectivity index (χ2v) is 5.61. The summed E-state index contributed by atoms with van der Waals surface area (Å²) in [6.07, 6.45) is 1.05. The predicted molar refractivity (Wildman–Crippen MR) is 77.2 cm³/mol. The second-order valence-electron chi connectivity index (χ2n) is 5.61. The minimum atomic E-state index is 0.250. The van der Waals surface area contributed by atoms with Gasteiger partial charge in [-0.05, 0) is 18.9 Å². The van der Waals surface area contributed by atoms with E-state index in [-0.39, 0.29) is 5.91 Å². The van der Waals surface area contributed by atoms with Crippen molar-refractivity contribution in [1.29, 1.82) is 0 Å². The van der Waals surface area contributed by atoms with E-state index in [1.54, 1.807) is 7.11 Å². The quantitative estimate of drug-likeness (QED) is 0.728. The summed E-state index contributed by atoms with van der Waals surface area (Å²) in [5.74, 6) is 0.816. The number of carbonyl (C=O) groups excluding carboxylic acids is 1. The van der Waals surface area contributed by atoms with Crippen molar-refractivity contribution in [2.75, 3.05) is 59.5 Å². The molecule has 5 nitrogen and oxygen atoms in total. The molecule has 0 aromatic rings. The number of ether oxygens (including phenoxy) is 1. The van der Waals surface area contributed by atoms with Crippen molar-refractivity contribution in [3.05, 3.63) is 0 Å². The van der Waals surface area contributed by atoms with Gasteiger partial charge in [0.05, 0.1) is 13.2 Å². The lowest BCUT2D eigenvalue weighted by atomic mass is 10.2. The summed E-state index contributed by atoms with van der Waals surface area (Å²) in [5, 5.41) is 3.32. The first kappa shape index (κ1) is 16.4. The number of hydrogen-bond acceptors (Lipinski definition) is 4. The molecule has 0 aromatic heterocycles. The van der Waals surface area contributed by atoms with Gasteiger partial charge in [0.2, 0.25) is 5.91 Å². The molecule has 5 heteroatoms. The molecule has 112 valence electrons. The third-order valence-corrected chi connectivity index (χ3v) is 3.29. The highest BCUT2D eigenvalue weighted by molar-refractivity contribution is 5.78. The first-order valence-corrected chi connectivity index (χ1v) is 7.33. The minimum absolute atomic E-state index is 0.250. The van der Waals surface area contributed by atoms with Gasteiger partial charge in [-0.1, -0.05) is 13.8 Å². The summed E-state index contributed by atoms with van der Waals surface area (Å²) < 4.78 is 5.12. The van der Waals surface area contributed by atoms with Crippen LogP contribution in [0.3, 0.4) is 0 Å². The van der Waals surface area contributed by atoms with Gasteiger partial charge in [-0.15, -0.1) is 0 Å². The molecule has 1 N–H and O–H groups in total. The molecule has 19 heavy (non-hydrogen) atoms. The van der Waals surface area contributed by atoms with Gasteiger partial charge in [-0.25, -0.2) is 0 Å². The highest BCUT2D eigenvalue weighted by Gasteiger charge is 2.18. The van der Waals surface area contributed by atoms with Gasteiger partial charge >= 0.3 is 0 Å². The predicted octanol–water partition coefficient (Wildman–Crippen LogP) is 0.413. The number of nitrogens with one attached hydrogen (secondary N) is 1.